The van der Waals surface area contributed by atoms with Gasteiger partial charge in [0.1, 0.15) is 0 Å². The topological polar surface area (TPSA) is 33.1 Å². The van der Waals surface area contributed by atoms with Gasteiger partial charge < -0.3 is 14.8 Å². The van der Waals surface area contributed by atoms with Crippen LogP contribution in [0.4, 0.5) is 17.3 Å². The summed E-state index contributed by atoms with van der Waals surface area (Å²) in [6.45, 7) is 5.38. The third kappa shape index (κ3) is 3.50. The molecule has 102 valence electrons. The number of aromatic nitrogens is 2. The van der Waals surface area contributed by atoms with Gasteiger partial charge in [-0.1, -0.05) is 13.8 Å². The van der Waals surface area contributed by atoms with Crippen LogP contribution in [0.1, 0.15) is 13.8 Å². The van der Waals surface area contributed by atoms with Crippen LogP contribution in [0, 0.1) is 5.92 Å². The average Bonchev–Trinajstić information content (AvgIpc) is 2.76. The lowest BCUT2D eigenvalue weighted by atomic mass is 10.2. The minimum atomic E-state index is 0.603. The van der Waals surface area contributed by atoms with E-state index in [9.17, 15) is 0 Å². The van der Waals surface area contributed by atoms with Crippen LogP contribution in [-0.2, 0) is 6.54 Å². The smallest absolute Gasteiger partial charge is 0.207 e. The Labute approximate surface area is 115 Å². The number of anilines is 3. The molecule has 1 heterocycles. The quantitative estimate of drug-likeness (QED) is 0.892. The molecule has 0 unspecified atom stereocenters. The fourth-order valence-corrected chi connectivity index (χ4v) is 1.95. The molecule has 2 aromatic rings. The van der Waals surface area contributed by atoms with Crippen LogP contribution in [-0.4, -0.2) is 23.6 Å². The Morgan fingerprint density at radius 3 is 2.47 bits per heavy atom. The van der Waals surface area contributed by atoms with Crippen molar-refractivity contribution >= 4 is 17.3 Å². The molecular weight excluding hydrogens is 236 g/mol. The molecule has 0 bridgehead atoms. The van der Waals surface area contributed by atoms with Gasteiger partial charge >= 0.3 is 0 Å². The fraction of sp³-hybridized carbons (Fsp3) is 0.400. The van der Waals surface area contributed by atoms with Crippen LogP contribution >= 0.6 is 0 Å². The van der Waals surface area contributed by atoms with Crippen LogP contribution in [0.15, 0.2) is 36.7 Å². The Bertz CT molecular complexity index is 511. The van der Waals surface area contributed by atoms with Crippen molar-refractivity contribution in [3.63, 3.8) is 0 Å². The highest BCUT2D eigenvalue weighted by Crippen LogP contribution is 2.19. The third-order valence-corrected chi connectivity index (χ3v) is 2.92. The lowest BCUT2D eigenvalue weighted by Gasteiger charge is -2.14. The molecule has 0 aliphatic rings. The van der Waals surface area contributed by atoms with E-state index in [1.807, 2.05) is 26.5 Å². The molecule has 1 aromatic carbocycles. The van der Waals surface area contributed by atoms with Gasteiger partial charge in [-0.2, -0.15) is 0 Å². The van der Waals surface area contributed by atoms with Gasteiger partial charge in [0.2, 0.25) is 5.95 Å². The molecule has 4 heteroatoms. The second kappa shape index (κ2) is 5.78. The number of benzene rings is 1. The number of hydrogen-bond donors (Lipinski definition) is 1. The molecule has 4 nitrogen and oxygen atoms in total. The van der Waals surface area contributed by atoms with Crippen LogP contribution in [0.25, 0.3) is 0 Å². The Kier molecular flexibility index (Phi) is 4.10. The van der Waals surface area contributed by atoms with E-state index in [1.54, 1.807) is 0 Å². The molecule has 0 fully saturated rings. The molecule has 0 aliphatic carbocycles. The predicted molar refractivity (Wildman–Crippen MR) is 81.1 cm³/mol. The number of hydrogen-bond acceptors (Lipinski definition) is 3. The number of nitrogens with one attached hydrogen (secondary N) is 1. The highest BCUT2D eigenvalue weighted by atomic mass is 15.2. The van der Waals surface area contributed by atoms with Crippen LogP contribution < -0.4 is 10.2 Å². The Balaban J connectivity index is 2.10. The van der Waals surface area contributed by atoms with Gasteiger partial charge in [-0.25, -0.2) is 4.98 Å². The van der Waals surface area contributed by atoms with Gasteiger partial charge in [0.15, 0.2) is 0 Å². The maximum Gasteiger partial charge on any atom is 0.207 e. The first-order valence-electron chi connectivity index (χ1n) is 6.62. The van der Waals surface area contributed by atoms with E-state index >= 15 is 0 Å². The average molecular weight is 258 g/mol. The molecular formula is C15H22N4. The summed E-state index contributed by atoms with van der Waals surface area (Å²) in [4.78, 5) is 6.45. The second-order valence-electron chi connectivity index (χ2n) is 5.36. The highest BCUT2D eigenvalue weighted by molar-refractivity contribution is 5.59. The molecule has 0 saturated heterocycles. The first-order chi connectivity index (χ1) is 9.06. The number of rotatable bonds is 5. The summed E-state index contributed by atoms with van der Waals surface area (Å²) >= 11 is 0. The van der Waals surface area contributed by atoms with Crippen molar-refractivity contribution in [1.29, 1.82) is 0 Å². The first-order valence-corrected chi connectivity index (χ1v) is 6.62. The highest BCUT2D eigenvalue weighted by Gasteiger charge is 2.05. The van der Waals surface area contributed by atoms with Crippen LogP contribution in [0.5, 0.6) is 0 Å². The molecule has 0 amide bonds. The van der Waals surface area contributed by atoms with Crippen molar-refractivity contribution < 1.29 is 0 Å². The van der Waals surface area contributed by atoms with E-state index < -0.39 is 0 Å². The maximum atomic E-state index is 4.36. The molecule has 19 heavy (non-hydrogen) atoms. The lowest BCUT2D eigenvalue weighted by Crippen LogP contribution is -2.09. The zero-order valence-corrected chi connectivity index (χ0v) is 12.1. The van der Waals surface area contributed by atoms with E-state index in [0.29, 0.717) is 5.92 Å². The largest absolute Gasteiger partial charge is 0.378 e. The van der Waals surface area contributed by atoms with Crippen molar-refractivity contribution in [3.05, 3.63) is 36.7 Å². The van der Waals surface area contributed by atoms with Gasteiger partial charge in [-0.3, -0.25) is 0 Å². The Morgan fingerprint density at radius 1 is 1.21 bits per heavy atom. The molecule has 0 spiro atoms. The van der Waals surface area contributed by atoms with Crippen molar-refractivity contribution in [2.45, 2.75) is 20.4 Å². The zero-order valence-electron chi connectivity index (χ0n) is 12.1. The number of nitrogens with zero attached hydrogens (tertiary/aromatic N) is 3. The first kappa shape index (κ1) is 13.5. The molecule has 0 aliphatic heterocycles. The maximum absolute atomic E-state index is 4.36. The van der Waals surface area contributed by atoms with Crippen LogP contribution in [0.2, 0.25) is 0 Å². The van der Waals surface area contributed by atoms with E-state index in [0.717, 1.165) is 18.2 Å². The van der Waals surface area contributed by atoms with Gasteiger partial charge in [-0.05, 0) is 30.2 Å². The van der Waals surface area contributed by atoms with Crippen molar-refractivity contribution in [2.75, 3.05) is 24.3 Å². The summed E-state index contributed by atoms with van der Waals surface area (Å²) in [7, 11) is 4.08. The summed E-state index contributed by atoms with van der Waals surface area (Å²) in [5.41, 5.74) is 2.25. The van der Waals surface area contributed by atoms with E-state index in [-0.39, 0.29) is 0 Å². The standard InChI is InChI=1S/C15H22N4/c1-12(2)11-19-10-9-16-15(19)17-13-5-7-14(8-6-13)18(3)4/h5-10,12H,11H2,1-4H3,(H,16,17). The summed E-state index contributed by atoms with van der Waals surface area (Å²) < 4.78 is 2.14. The minimum Gasteiger partial charge on any atom is -0.378 e. The van der Waals surface area contributed by atoms with E-state index in [1.165, 1.54) is 5.69 Å². The monoisotopic (exact) mass is 258 g/mol. The lowest BCUT2D eigenvalue weighted by molar-refractivity contribution is 0.527. The normalized spacial score (nSPS) is 10.8. The minimum absolute atomic E-state index is 0.603. The summed E-state index contributed by atoms with van der Waals surface area (Å²) in [5.74, 6) is 1.50. The Morgan fingerprint density at radius 2 is 1.89 bits per heavy atom. The summed E-state index contributed by atoms with van der Waals surface area (Å²) in [6.07, 6.45) is 3.84. The zero-order chi connectivity index (χ0) is 13.8. The van der Waals surface area contributed by atoms with E-state index in [2.05, 4.69) is 57.9 Å². The number of imidazole rings is 1. The molecule has 2 rings (SSSR count). The molecule has 0 radical (unpaired) electrons. The second-order valence-corrected chi connectivity index (χ2v) is 5.36. The van der Waals surface area contributed by atoms with Gasteiger partial charge in [-0.15, -0.1) is 0 Å². The fourth-order valence-electron chi connectivity index (χ4n) is 1.95. The third-order valence-electron chi connectivity index (χ3n) is 2.92. The molecule has 1 N–H and O–H groups in total. The predicted octanol–water partition coefficient (Wildman–Crippen LogP) is 3.35. The molecule has 0 saturated carbocycles. The SMILES string of the molecule is CC(C)Cn1ccnc1Nc1ccc(N(C)C)cc1. The van der Waals surface area contributed by atoms with Crippen LogP contribution in [0.3, 0.4) is 0 Å². The molecule has 0 atom stereocenters. The van der Waals surface area contributed by atoms with Gasteiger partial charge in [0.05, 0.1) is 0 Å². The van der Waals surface area contributed by atoms with Crippen molar-refractivity contribution in [2.24, 2.45) is 5.92 Å². The van der Waals surface area contributed by atoms with Gasteiger partial charge in [0, 0.05) is 44.4 Å². The summed E-state index contributed by atoms with van der Waals surface area (Å²) in [6, 6.07) is 8.34. The van der Waals surface area contributed by atoms with Crippen molar-refractivity contribution in [3.8, 4) is 0 Å². The summed E-state index contributed by atoms with van der Waals surface area (Å²) in [5, 5.41) is 3.36. The molecule has 1 aromatic heterocycles. The van der Waals surface area contributed by atoms with Gasteiger partial charge in [0.25, 0.3) is 0 Å². The van der Waals surface area contributed by atoms with Crippen molar-refractivity contribution in [1.82, 2.24) is 9.55 Å². The Hall–Kier alpha value is -1.97. The van der Waals surface area contributed by atoms with E-state index in [4.69, 9.17) is 0 Å².